The normalized spacial score (nSPS) is 17.5. The van der Waals surface area contributed by atoms with E-state index in [-0.39, 0.29) is 35.3 Å². The van der Waals surface area contributed by atoms with Gasteiger partial charge in [-0.05, 0) is 58.6 Å². The van der Waals surface area contributed by atoms with Crippen LogP contribution < -0.4 is 11.5 Å². The van der Waals surface area contributed by atoms with Gasteiger partial charge in [0.1, 0.15) is 11.9 Å². The number of amides is 2. The zero-order valence-corrected chi connectivity index (χ0v) is 19.4. The number of hydrogen-bond donors (Lipinski definition) is 2. The van der Waals surface area contributed by atoms with E-state index < -0.39 is 29.3 Å². The third-order valence-electron chi connectivity index (χ3n) is 5.48. The van der Waals surface area contributed by atoms with Crippen molar-refractivity contribution in [1.29, 1.82) is 0 Å². The van der Waals surface area contributed by atoms with Gasteiger partial charge >= 0.3 is 12.3 Å². The highest BCUT2D eigenvalue weighted by Gasteiger charge is 2.43. The van der Waals surface area contributed by atoms with Crippen molar-refractivity contribution in [3.05, 3.63) is 46.7 Å². The van der Waals surface area contributed by atoms with Crippen LogP contribution in [0.3, 0.4) is 0 Å². The second-order valence-corrected chi connectivity index (χ2v) is 8.59. The first-order chi connectivity index (χ1) is 15.2. The third-order valence-corrected chi connectivity index (χ3v) is 5.48. The van der Waals surface area contributed by atoms with Gasteiger partial charge < -0.3 is 21.1 Å². The quantitative estimate of drug-likeness (QED) is 0.489. The summed E-state index contributed by atoms with van der Waals surface area (Å²) in [6, 6.07) is 3.64. The molecule has 0 saturated carbocycles. The number of carbonyl (C=O) groups is 2. The molecule has 1 unspecified atom stereocenters. The van der Waals surface area contributed by atoms with E-state index in [2.05, 4.69) is 4.99 Å². The largest absolute Gasteiger partial charge is 0.445 e. The van der Waals surface area contributed by atoms with E-state index in [0.29, 0.717) is 13.0 Å². The van der Waals surface area contributed by atoms with Crippen LogP contribution in [0.4, 0.5) is 18.0 Å². The molecule has 2 amide bonds. The van der Waals surface area contributed by atoms with E-state index in [1.165, 1.54) is 4.90 Å². The number of alkyl halides is 3. The number of halogens is 3. The lowest BCUT2D eigenvalue weighted by Crippen LogP contribution is -2.48. The van der Waals surface area contributed by atoms with Crippen LogP contribution in [0, 0.1) is 0 Å². The average molecular weight is 470 g/mol. The summed E-state index contributed by atoms with van der Waals surface area (Å²) >= 11 is 0. The maximum atomic E-state index is 12.8. The number of ether oxygens (including phenoxy) is 1. The van der Waals surface area contributed by atoms with E-state index in [1.54, 1.807) is 13.8 Å². The average Bonchev–Trinajstić information content (AvgIpc) is 2.96. The Hall–Kier alpha value is -3.08. The van der Waals surface area contributed by atoms with Crippen LogP contribution in [-0.2, 0) is 10.9 Å². The van der Waals surface area contributed by atoms with Gasteiger partial charge in [-0.3, -0.25) is 9.69 Å². The van der Waals surface area contributed by atoms with Gasteiger partial charge in [0.15, 0.2) is 0 Å². The van der Waals surface area contributed by atoms with Crippen molar-refractivity contribution in [3.8, 4) is 0 Å². The molecule has 0 bridgehead atoms. The number of carbonyl (C=O) groups excluding carboxylic acids is 2. The summed E-state index contributed by atoms with van der Waals surface area (Å²) in [6.07, 6.45) is -4.78. The second kappa shape index (κ2) is 9.82. The monoisotopic (exact) mass is 469 g/mol. The number of nitrogens with zero attached hydrogens (tertiary/aromatic N) is 3. The molecule has 0 aliphatic carbocycles. The molecule has 1 atom stereocenters. The van der Waals surface area contributed by atoms with Crippen LogP contribution in [0.1, 0.15) is 43.1 Å². The Balaban J connectivity index is 2.20. The van der Waals surface area contributed by atoms with Gasteiger partial charge in [-0.15, -0.1) is 0 Å². The van der Waals surface area contributed by atoms with Crippen molar-refractivity contribution in [2.24, 2.45) is 16.5 Å². The Kier molecular flexibility index (Phi) is 7.79. The first-order valence-corrected chi connectivity index (χ1v) is 10.4. The molecule has 1 heterocycles. The highest BCUT2D eigenvalue weighted by atomic mass is 19.4. The molecule has 1 aliphatic rings. The lowest BCUT2D eigenvalue weighted by molar-refractivity contribution is -0.137. The molecule has 182 valence electrons. The first-order valence-electron chi connectivity index (χ1n) is 10.4. The van der Waals surface area contributed by atoms with E-state index in [1.807, 2.05) is 25.9 Å². The van der Waals surface area contributed by atoms with Gasteiger partial charge in [0, 0.05) is 23.4 Å². The molecule has 4 N–H and O–H groups in total. The SMILES string of the molecule is CCC(CN(C)C)OC(=O)N1CC(C(N)=NC(=O)c2ccc(C(F)(F)F)cc2)=C(N)C1(C)C. The van der Waals surface area contributed by atoms with Crippen molar-refractivity contribution in [3.63, 3.8) is 0 Å². The summed E-state index contributed by atoms with van der Waals surface area (Å²) in [5.74, 6) is -1.03. The summed E-state index contributed by atoms with van der Waals surface area (Å²) in [5.41, 5.74) is 10.9. The van der Waals surface area contributed by atoms with Crippen molar-refractivity contribution in [2.75, 3.05) is 27.2 Å². The molecular formula is C22H30F3N5O3. The molecule has 0 fully saturated rings. The summed E-state index contributed by atoms with van der Waals surface area (Å²) < 4.78 is 43.8. The van der Waals surface area contributed by atoms with Gasteiger partial charge in [-0.25, -0.2) is 4.79 Å². The van der Waals surface area contributed by atoms with Crippen molar-refractivity contribution < 1.29 is 27.5 Å². The topological polar surface area (TPSA) is 114 Å². The zero-order chi connectivity index (χ0) is 25.1. The minimum absolute atomic E-state index is 0.0221. The maximum absolute atomic E-state index is 12.8. The number of hydrogen-bond acceptors (Lipinski definition) is 5. The maximum Gasteiger partial charge on any atom is 0.416 e. The van der Waals surface area contributed by atoms with Crippen LogP contribution >= 0.6 is 0 Å². The molecule has 0 radical (unpaired) electrons. The second-order valence-electron chi connectivity index (χ2n) is 8.59. The number of rotatable bonds is 6. The summed E-state index contributed by atoms with van der Waals surface area (Å²) in [5, 5.41) is 0. The van der Waals surface area contributed by atoms with E-state index in [4.69, 9.17) is 16.2 Å². The molecule has 0 spiro atoms. The molecule has 33 heavy (non-hydrogen) atoms. The van der Waals surface area contributed by atoms with Gasteiger partial charge in [-0.2, -0.15) is 18.2 Å². The minimum Gasteiger partial charge on any atom is -0.445 e. The zero-order valence-electron chi connectivity index (χ0n) is 19.4. The number of aliphatic imine (C=N–C) groups is 1. The minimum atomic E-state index is -4.51. The van der Waals surface area contributed by atoms with Crippen LogP contribution in [0.25, 0.3) is 0 Å². The summed E-state index contributed by atoms with van der Waals surface area (Å²) in [6.45, 7) is 5.87. The van der Waals surface area contributed by atoms with Crippen LogP contribution in [-0.4, -0.2) is 66.5 Å². The predicted octanol–water partition coefficient (Wildman–Crippen LogP) is 2.99. The molecule has 0 saturated heterocycles. The Morgan fingerprint density at radius 2 is 1.82 bits per heavy atom. The number of amidine groups is 1. The van der Waals surface area contributed by atoms with Crippen molar-refractivity contribution in [1.82, 2.24) is 9.80 Å². The number of likely N-dealkylation sites (N-methyl/N-ethyl adjacent to an activating group) is 1. The van der Waals surface area contributed by atoms with E-state index in [0.717, 1.165) is 24.3 Å². The van der Waals surface area contributed by atoms with Crippen LogP contribution in [0.2, 0.25) is 0 Å². The number of benzene rings is 1. The molecule has 11 heteroatoms. The van der Waals surface area contributed by atoms with E-state index >= 15 is 0 Å². The van der Waals surface area contributed by atoms with Gasteiger partial charge in [0.25, 0.3) is 5.91 Å². The smallest absolute Gasteiger partial charge is 0.416 e. The number of nitrogens with two attached hydrogens (primary N) is 2. The Morgan fingerprint density at radius 1 is 1.24 bits per heavy atom. The van der Waals surface area contributed by atoms with Crippen LogP contribution in [0.5, 0.6) is 0 Å². The van der Waals surface area contributed by atoms with Crippen LogP contribution in [0.15, 0.2) is 40.5 Å². The summed E-state index contributed by atoms with van der Waals surface area (Å²) in [4.78, 5) is 32.4. The Labute approximate surface area is 191 Å². The lowest BCUT2D eigenvalue weighted by atomic mass is 10.0. The lowest BCUT2D eigenvalue weighted by Gasteiger charge is -2.33. The summed E-state index contributed by atoms with van der Waals surface area (Å²) in [7, 11) is 3.75. The van der Waals surface area contributed by atoms with Gasteiger partial charge in [-0.1, -0.05) is 6.92 Å². The highest BCUT2D eigenvalue weighted by molar-refractivity contribution is 6.09. The third kappa shape index (κ3) is 6.04. The fourth-order valence-corrected chi connectivity index (χ4v) is 3.37. The molecule has 1 aliphatic heterocycles. The molecule has 0 aromatic heterocycles. The van der Waals surface area contributed by atoms with E-state index in [9.17, 15) is 22.8 Å². The molecule has 1 aromatic rings. The van der Waals surface area contributed by atoms with Crippen molar-refractivity contribution in [2.45, 2.75) is 45.0 Å². The molecule has 2 rings (SSSR count). The highest BCUT2D eigenvalue weighted by Crippen LogP contribution is 2.32. The van der Waals surface area contributed by atoms with Gasteiger partial charge in [0.2, 0.25) is 0 Å². The fourth-order valence-electron chi connectivity index (χ4n) is 3.37. The molecule has 8 nitrogen and oxygen atoms in total. The molecule has 1 aromatic carbocycles. The molecular weight excluding hydrogens is 439 g/mol. The fraction of sp³-hybridized carbons (Fsp3) is 0.500. The van der Waals surface area contributed by atoms with Crippen molar-refractivity contribution >= 4 is 17.8 Å². The predicted molar refractivity (Wildman–Crippen MR) is 119 cm³/mol. The van der Waals surface area contributed by atoms with Gasteiger partial charge in [0.05, 0.1) is 17.6 Å². The first kappa shape index (κ1) is 26.2. The Bertz CT molecular complexity index is 953. The Morgan fingerprint density at radius 3 is 2.30 bits per heavy atom. The standard InChI is InChI=1S/C22H30F3N5O3/c1-6-15(11-29(4)5)33-20(32)30-12-16(17(26)21(30,2)3)18(27)28-19(31)13-7-9-14(10-8-13)22(23,24)25/h7-10,15H,6,11-12,26H2,1-5H3,(H2,27,28,31).